The predicted octanol–water partition coefficient (Wildman–Crippen LogP) is 5.38. The molecule has 1 heterocycles. The number of halogens is 2. The molecule has 0 amide bonds. The minimum Gasteiger partial charge on any atom is -0.380 e. The van der Waals surface area contributed by atoms with Crippen LogP contribution in [0.5, 0.6) is 0 Å². The Morgan fingerprint density at radius 3 is 2.04 bits per heavy atom. The summed E-state index contributed by atoms with van der Waals surface area (Å²) in [5.74, 6) is 0. The zero-order valence-corrected chi connectivity index (χ0v) is 21.4. The average Bonchev–Trinajstić information content (AvgIpc) is 2.74. The van der Waals surface area contributed by atoms with Crippen molar-refractivity contribution in [2.45, 2.75) is 62.4 Å². The molecule has 0 saturated heterocycles. The molecule has 24 heavy (non-hydrogen) atoms. The monoisotopic (exact) mass is 499 g/mol. The summed E-state index contributed by atoms with van der Waals surface area (Å²) in [4.78, 5) is 2.60. The van der Waals surface area contributed by atoms with E-state index in [1.165, 1.54) is 17.7 Å². The van der Waals surface area contributed by atoms with Crippen molar-refractivity contribution in [3.8, 4) is 0 Å². The predicted molar refractivity (Wildman–Crippen MR) is 118 cm³/mol. The minimum atomic E-state index is -1.03. The smallest absolute Gasteiger partial charge is 0.101 e. The van der Waals surface area contributed by atoms with E-state index >= 15 is 0 Å². The fourth-order valence-electron chi connectivity index (χ4n) is 2.35. The fraction of sp³-hybridized carbons (Fsp3) is 0.882. The summed E-state index contributed by atoms with van der Waals surface area (Å²) in [7, 11) is -2.05. The molecule has 1 aliphatic heterocycles. The highest BCUT2D eigenvalue weighted by atomic mass is 79.9. The van der Waals surface area contributed by atoms with E-state index in [4.69, 9.17) is 9.47 Å². The molecule has 2 atom stereocenters. The highest BCUT2D eigenvalue weighted by Crippen LogP contribution is 2.29. The van der Waals surface area contributed by atoms with Gasteiger partial charge in [-0.2, -0.15) is 0 Å². The van der Waals surface area contributed by atoms with Gasteiger partial charge in [-0.3, -0.25) is 4.90 Å². The van der Waals surface area contributed by atoms with Crippen molar-refractivity contribution in [3.63, 3.8) is 0 Å². The van der Waals surface area contributed by atoms with Gasteiger partial charge >= 0.3 is 0 Å². The third-order valence-electron chi connectivity index (χ3n) is 4.11. The van der Waals surface area contributed by atoms with E-state index in [-0.39, 0.29) is 4.95 Å². The van der Waals surface area contributed by atoms with Gasteiger partial charge in [-0.15, -0.1) is 0 Å². The molecule has 0 N–H and O–H groups in total. The van der Waals surface area contributed by atoms with Crippen LogP contribution in [0.2, 0.25) is 51.4 Å². The molecule has 0 aromatic heterocycles. The molecule has 0 fully saturated rings. The first-order valence-electron chi connectivity index (χ1n) is 8.85. The van der Waals surface area contributed by atoms with E-state index in [9.17, 15) is 0 Å². The van der Waals surface area contributed by atoms with Gasteiger partial charge < -0.3 is 9.47 Å². The Hall–Kier alpha value is 1.01. The summed E-state index contributed by atoms with van der Waals surface area (Å²) in [6, 6.07) is 2.73. The number of hydrogen-bond acceptors (Lipinski definition) is 3. The van der Waals surface area contributed by atoms with Crippen LogP contribution in [-0.2, 0) is 9.47 Å². The second-order valence-electron chi connectivity index (χ2n) is 9.03. The van der Waals surface area contributed by atoms with Gasteiger partial charge in [0, 0.05) is 34.7 Å². The largest absolute Gasteiger partial charge is 0.380 e. The molecular weight excluding hydrogens is 466 g/mol. The molecule has 142 valence electrons. The first-order chi connectivity index (χ1) is 11.0. The van der Waals surface area contributed by atoms with E-state index < -0.39 is 16.1 Å². The van der Waals surface area contributed by atoms with E-state index in [1.54, 1.807) is 0 Å². The first-order valence-corrected chi connectivity index (χ1v) is 18.3. The third kappa shape index (κ3) is 9.10. The second kappa shape index (κ2) is 10.4. The van der Waals surface area contributed by atoms with Crippen LogP contribution < -0.4 is 0 Å². The zero-order valence-electron chi connectivity index (χ0n) is 16.2. The molecule has 0 bridgehead atoms. The van der Waals surface area contributed by atoms with E-state index in [0.29, 0.717) is 12.8 Å². The topological polar surface area (TPSA) is 21.7 Å². The van der Waals surface area contributed by atoms with Crippen molar-refractivity contribution < 1.29 is 9.47 Å². The van der Waals surface area contributed by atoms with Crippen molar-refractivity contribution in [2.75, 3.05) is 31.9 Å². The van der Waals surface area contributed by atoms with Crippen LogP contribution in [0.4, 0.5) is 0 Å². The highest BCUT2D eigenvalue weighted by molar-refractivity contribution is 9.10. The molecule has 7 heteroatoms. The van der Waals surface area contributed by atoms with Crippen molar-refractivity contribution >= 4 is 48.0 Å². The number of nitrogens with zero attached hydrogens (tertiary/aromatic N) is 1. The maximum atomic E-state index is 5.99. The summed E-state index contributed by atoms with van der Waals surface area (Å²) in [5.41, 5.74) is 1.36. The molecule has 1 aliphatic rings. The van der Waals surface area contributed by atoms with E-state index in [1.807, 2.05) is 0 Å². The molecule has 0 aromatic carbocycles. The van der Waals surface area contributed by atoms with Crippen molar-refractivity contribution in [1.29, 1.82) is 0 Å². The average molecular weight is 501 g/mol. The van der Waals surface area contributed by atoms with Gasteiger partial charge in [-0.25, -0.2) is 0 Å². The zero-order chi connectivity index (χ0) is 18.4. The van der Waals surface area contributed by atoms with Crippen LogP contribution in [0.3, 0.4) is 0 Å². The summed E-state index contributed by atoms with van der Waals surface area (Å²) in [6.45, 7) is 17.5. The minimum absolute atomic E-state index is 0.245. The molecule has 0 saturated carbocycles. The number of rotatable bonds is 11. The summed E-state index contributed by atoms with van der Waals surface area (Å²) in [6.07, 6.45) is 2.32. The Labute approximate surface area is 167 Å². The second-order valence-corrected chi connectivity index (χ2v) is 21.7. The summed E-state index contributed by atoms with van der Waals surface area (Å²) in [5, 5.41) is 0.889. The van der Waals surface area contributed by atoms with Crippen molar-refractivity contribution in [1.82, 2.24) is 4.90 Å². The molecule has 2 unspecified atom stereocenters. The molecule has 0 radical (unpaired) electrons. The van der Waals surface area contributed by atoms with Crippen LogP contribution in [0, 0.1) is 0 Å². The molecule has 0 aromatic rings. The highest BCUT2D eigenvalue weighted by Gasteiger charge is 2.32. The molecular formula is C17H35Br2NO2Si2. The summed E-state index contributed by atoms with van der Waals surface area (Å²) >= 11 is 7.40. The Kier molecular flexibility index (Phi) is 9.97. The maximum absolute atomic E-state index is 5.99. The molecule has 0 aliphatic carbocycles. The number of hydrogen-bond donors (Lipinski definition) is 0. The normalized spacial score (nSPS) is 22.9. The van der Waals surface area contributed by atoms with Gasteiger partial charge in [0.25, 0.3) is 0 Å². The first kappa shape index (κ1) is 23.1. The summed E-state index contributed by atoms with van der Waals surface area (Å²) < 4.78 is 12.0. The van der Waals surface area contributed by atoms with Gasteiger partial charge in [0.1, 0.15) is 6.73 Å². The Balaban J connectivity index is 2.45. The third-order valence-corrected chi connectivity index (χ3v) is 9.28. The number of ether oxygens (including phenoxy) is 2. The lowest BCUT2D eigenvalue weighted by Crippen LogP contribution is -2.40. The SMILES string of the molecule is C[Si](C)(C)CCOCC1C=C(CBr)C(Br)N1COCC[Si](C)(C)C. The van der Waals surface area contributed by atoms with E-state index in [2.05, 4.69) is 82.1 Å². The van der Waals surface area contributed by atoms with Gasteiger partial charge in [0.05, 0.1) is 17.6 Å². The van der Waals surface area contributed by atoms with Crippen molar-refractivity contribution in [2.24, 2.45) is 0 Å². The lowest BCUT2D eigenvalue weighted by atomic mass is 10.3. The van der Waals surface area contributed by atoms with Gasteiger partial charge in [0.15, 0.2) is 0 Å². The Bertz CT molecular complexity index is 408. The molecule has 0 spiro atoms. The van der Waals surface area contributed by atoms with Crippen molar-refractivity contribution in [3.05, 3.63) is 11.6 Å². The number of alkyl halides is 2. The standard InChI is InChI=1S/C17H35Br2NO2Si2/c1-23(2,3)9-7-21-13-16-11-15(12-18)17(19)20(16)14-22-8-10-24(4,5)6/h11,16-17H,7-10,12-14H2,1-6H3. The lowest BCUT2D eigenvalue weighted by molar-refractivity contribution is 0.00325. The molecule has 3 nitrogen and oxygen atoms in total. The van der Waals surface area contributed by atoms with Crippen LogP contribution >= 0.6 is 31.9 Å². The quantitative estimate of drug-likeness (QED) is 0.125. The van der Waals surface area contributed by atoms with Crippen LogP contribution in [-0.4, -0.2) is 63.9 Å². The van der Waals surface area contributed by atoms with E-state index in [0.717, 1.165) is 25.2 Å². The van der Waals surface area contributed by atoms with Gasteiger partial charge in [0.2, 0.25) is 0 Å². The van der Waals surface area contributed by atoms with Crippen LogP contribution in [0.25, 0.3) is 0 Å². The van der Waals surface area contributed by atoms with Gasteiger partial charge in [-0.1, -0.05) is 77.2 Å². The van der Waals surface area contributed by atoms with Crippen LogP contribution in [0.1, 0.15) is 0 Å². The molecule has 1 rings (SSSR count). The Morgan fingerprint density at radius 1 is 1.00 bits per heavy atom. The van der Waals surface area contributed by atoms with Crippen LogP contribution in [0.15, 0.2) is 11.6 Å². The van der Waals surface area contributed by atoms with Gasteiger partial charge in [-0.05, 0) is 17.7 Å². The maximum Gasteiger partial charge on any atom is 0.101 e. The lowest BCUT2D eigenvalue weighted by Gasteiger charge is -2.28. The Morgan fingerprint density at radius 2 is 1.54 bits per heavy atom. The fourth-order valence-corrected chi connectivity index (χ4v) is 5.53.